The summed E-state index contributed by atoms with van der Waals surface area (Å²) in [6.45, 7) is 0.384. The summed E-state index contributed by atoms with van der Waals surface area (Å²) in [7, 11) is 0. The zero-order valence-electron chi connectivity index (χ0n) is 9.84. The third kappa shape index (κ3) is 3.60. The first-order valence-corrected chi connectivity index (χ1v) is 5.47. The number of carbonyl (C=O) groups excluding carboxylic acids is 1. The zero-order valence-corrected chi connectivity index (χ0v) is 9.84. The number of amides is 2. The molecule has 0 atom stereocenters. The molecule has 100 valence electrons. The molecule has 0 saturated carbocycles. The number of aromatic nitrogens is 2. The number of H-pyrrole nitrogens is 1. The van der Waals surface area contributed by atoms with Gasteiger partial charge in [-0.3, -0.25) is 0 Å². The van der Waals surface area contributed by atoms with Crippen LogP contribution in [0, 0.1) is 0 Å². The Kier molecular flexibility index (Phi) is 3.81. The normalized spacial score (nSPS) is 10.1. The van der Waals surface area contributed by atoms with Gasteiger partial charge >= 0.3 is 12.0 Å². The van der Waals surface area contributed by atoms with Crippen LogP contribution in [0.5, 0.6) is 0 Å². The number of imidazole rings is 1. The maximum atomic E-state index is 11.4. The molecule has 8 nitrogen and oxygen atoms in total. The minimum atomic E-state index is -1.14. The smallest absolute Gasteiger partial charge is 0.371 e. The number of hydrogen-bond acceptors (Lipinski definition) is 4. The Hall–Kier alpha value is -2.77. The van der Waals surface area contributed by atoms with Gasteiger partial charge in [0, 0.05) is 12.4 Å². The van der Waals surface area contributed by atoms with Crippen LogP contribution in [0.3, 0.4) is 0 Å². The number of nitrogens with one attached hydrogen (secondary N) is 3. The molecule has 0 fully saturated rings. The van der Waals surface area contributed by atoms with Gasteiger partial charge in [0.2, 0.25) is 5.76 Å². The average molecular weight is 264 g/mol. The van der Waals surface area contributed by atoms with Crippen molar-refractivity contribution >= 4 is 12.0 Å². The van der Waals surface area contributed by atoms with Crippen molar-refractivity contribution in [2.75, 3.05) is 0 Å². The average Bonchev–Trinajstić information content (AvgIpc) is 3.05. The molecular weight excluding hydrogens is 252 g/mol. The largest absolute Gasteiger partial charge is 0.475 e. The van der Waals surface area contributed by atoms with Gasteiger partial charge < -0.3 is 25.1 Å². The second-order valence-electron chi connectivity index (χ2n) is 3.64. The predicted molar refractivity (Wildman–Crippen MR) is 63.3 cm³/mol. The fourth-order valence-corrected chi connectivity index (χ4v) is 1.38. The molecule has 0 aliphatic heterocycles. The SMILES string of the molecule is O=C(NCc1ncc[nH]1)NCc1ccc(C(=O)O)o1. The van der Waals surface area contributed by atoms with Gasteiger partial charge in [0.25, 0.3) is 0 Å². The number of aromatic carboxylic acids is 1. The van der Waals surface area contributed by atoms with Crippen LogP contribution in [0.15, 0.2) is 28.9 Å². The summed E-state index contributed by atoms with van der Waals surface area (Å²) in [5.41, 5.74) is 0. The Balaban J connectivity index is 1.75. The summed E-state index contributed by atoms with van der Waals surface area (Å²) in [5.74, 6) is -0.298. The van der Waals surface area contributed by atoms with Crippen LogP contribution in [0.1, 0.15) is 22.1 Å². The van der Waals surface area contributed by atoms with Crippen molar-refractivity contribution in [3.05, 3.63) is 41.9 Å². The molecule has 2 aromatic heterocycles. The standard InChI is InChI=1S/C11H12N4O4/c16-10(17)8-2-1-7(19-8)5-14-11(18)15-6-9-12-3-4-13-9/h1-4H,5-6H2,(H,12,13)(H,16,17)(H2,14,15,18). The molecule has 19 heavy (non-hydrogen) atoms. The quantitative estimate of drug-likeness (QED) is 0.633. The van der Waals surface area contributed by atoms with E-state index in [1.165, 1.54) is 12.1 Å². The molecule has 8 heteroatoms. The van der Waals surface area contributed by atoms with E-state index < -0.39 is 12.0 Å². The van der Waals surface area contributed by atoms with E-state index in [9.17, 15) is 9.59 Å². The number of furan rings is 1. The van der Waals surface area contributed by atoms with Gasteiger partial charge in [-0.15, -0.1) is 0 Å². The first kappa shape index (κ1) is 12.7. The molecule has 0 aliphatic carbocycles. The van der Waals surface area contributed by atoms with Gasteiger partial charge in [0.05, 0.1) is 13.1 Å². The van der Waals surface area contributed by atoms with Crippen molar-refractivity contribution in [3.8, 4) is 0 Å². The van der Waals surface area contributed by atoms with Crippen LogP contribution >= 0.6 is 0 Å². The molecule has 0 radical (unpaired) electrons. The highest BCUT2D eigenvalue weighted by molar-refractivity contribution is 5.84. The molecule has 0 aromatic carbocycles. The van der Waals surface area contributed by atoms with Crippen molar-refractivity contribution in [1.29, 1.82) is 0 Å². The summed E-state index contributed by atoms with van der Waals surface area (Å²) >= 11 is 0. The van der Waals surface area contributed by atoms with Crippen LogP contribution in [0.4, 0.5) is 4.79 Å². The summed E-state index contributed by atoms with van der Waals surface area (Å²) in [5, 5.41) is 13.8. The molecule has 2 amide bonds. The lowest BCUT2D eigenvalue weighted by molar-refractivity contribution is 0.0660. The fraction of sp³-hybridized carbons (Fsp3) is 0.182. The maximum Gasteiger partial charge on any atom is 0.371 e. The molecule has 2 aromatic rings. The van der Waals surface area contributed by atoms with E-state index >= 15 is 0 Å². The third-order valence-corrected chi connectivity index (χ3v) is 2.27. The topological polar surface area (TPSA) is 120 Å². The van der Waals surface area contributed by atoms with E-state index in [1.54, 1.807) is 12.4 Å². The molecule has 0 spiro atoms. The Morgan fingerprint density at radius 3 is 2.74 bits per heavy atom. The highest BCUT2D eigenvalue weighted by atomic mass is 16.4. The van der Waals surface area contributed by atoms with Crippen molar-refractivity contribution in [1.82, 2.24) is 20.6 Å². The fourth-order valence-electron chi connectivity index (χ4n) is 1.38. The lowest BCUT2D eigenvalue weighted by Gasteiger charge is -2.04. The third-order valence-electron chi connectivity index (χ3n) is 2.27. The van der Waals surface area contributed by atoms with E-state index in [0.29, 0.717) is 11.6 Å². The van der Waals surface area contributed by atoms with Crippen molar-refractivity contribution < 1.29 is 19.1 Å². The zero-order chi connectivity index (χ0) is 13.7. The lowest BCUT2D eigenvalue weighted by Crippen LogP contribution is -2.34. The van der Waals surface area contributed by atoms with Crippen LogP contribution < -0.4 is 10.6 Å². The van der Waals surface area contributed by atoms with E-state index in [1.807, 2.05) is 0 Å². The van der Waals surface area contributed by atoms with Gasteiger partial charge in [0.1, 0.15) is 11.6 Å². The van der Waals surface area contributed by atoms with E-state index in [4.69, 9.17) is 9.52 Å². The van der Waals surface area contributed by atoms with E-state index in [2.05, 4.69) is 20.6 Å². The van der Waals surface area contributed by atoms with Gasteiger partial charge in [-0.1, -0.05) is 0 Å². The van der Waals surface area contributed by atoms with Crippen LogP contribution in [0.25, 0.3) is 0 Å². The summed E-state index contributed by atoms with van der Waals surface area (Å²) in [6.07, 6.45) is 3.25. The number of carbonyl (C=O) groups is 2. The van der Waals surface area contributed by atoms with Crippen molar-refractivity contribution in [2.45, 2.75) is 13.1 Å². The van der Waals surface area contributed by atoms with Crippen molar-refractivity contribution in [3.63, 3.8) is 0 Å². The highest BCUT2D eigenvalue weighted by Gasteiger charge is 2.09. The molecule has 2 heterocycles. The Bertz CT molecular complexity index is 561. The van der Waals surface area contributed by atoms with Gasteiger partial charge in [-0.05, 0) is 12.1 Å². The van der Waals surface area contributed by atoms with Crippen LogP contribution in [-0.4, -0.2) is 27.1 Å². The van der Waals surface area contributed by atoms with Gasteiger partial charge in [0.15, 0.2) is 0 Å². The maximum absolute atomic E-state index is 11.4. The molecule has 0 aliphatic rings. The summed E-state index contributed by atoms with van der Waals surface area (Å²) < 4.78 is 4.99. The summed E-state index contributed by atoms with van der Waals surface area (Å²) in [6, 6.07) is 2.43. The first-order chi connectivity index (χ1) is 9.15. The number of carboxylic acid groups (broad SMARTS) is 1. The van der Waals surface area contributed by atoms with E-state index in [0.717, 1.165) is 0 Å². The van der Waals surface area contributed by atoms with Crippen LogP contribution in [0.2, 0.25) is 0 Å². The molecule has 0 saturated heterocycles. The number of hydrogen-bond donors (Lipinski definition) is 4. The Morgan fingerprint density at radius 1 is 1.32 bits per heavy atom. The molecule has 2 rings (SSSR count). The summed E-state index contributed by atoms with van der Waals surface area (Å²) in [4.78, 5) is 28.8. The van der Waals surface area contributed by atoms with Crippen LogP contribution in [-0.2, 0) is 13.1 Å². The van der Waals surface area contributed by atoms with Gasteiger partial charge in [-0.25, -0.2) is 14.6 Å². The monoisotopic (exact) mass is 264 g/mol. The first-order valence-electron chi connectivity index (χ1n) is 5.47. The number of carboxylic acids is 1. The number of urea groups is 1. The number of rotatable bonds is 5. The Labute approximate surface area is 107 Å². The predicted octanol–water partition coefficient (Wildman–Crippen LogP) is 0.700. The minimum Gasteiger partial charge on any atom is -0.475 e. The molecular formula is C11H12N4O4. The minimum absolute atomic E-state index is 0.108. The molecule has 0 bridgehead atoms. The second kappa shape index (κ2) is 5.71. The van der Waals surface area contributed by atoms with Gasteiger partial charge in [-0.2, -0.15) is 0 Å². The number of aromatic amines is 1. The second-order valence-corrected chi connectivity index (χ2v) is 3.64. The Morgan fingerprint density at radius 2 is 2.11 bits per heavy atom. The van der Waals surface area contributed by atoms with Crippen molar-refractivity contribution in [2.24, 2.45) is 0 Å². The molecule has 0 unspecified atom stereocenters. The van der Waals surface area contributed by atoms with E-state index in [-0.39, 0.29) is 18.8 Å². The molecule has 4 N–H and O–H groups in total. The highest BCUT2D eigenvalue weighted by Crippen LogP contribution is 2.07. The lowest BCUT2D eigenvalue weighted by atomic mass is 10.4. The number of nitrogens with zero attached hydrogens (tertiary/aromatic N) is 1.